The van der Waals surface area contributed by atoms with Crippen LogP contribution in [0.4, 0.5) is 5.69 Å². The summed E-state index contributed by atoms with van der Waals surface area (Å²) in [5.41, 5.74) is 0.805. The van der Waals surface area contributed by atoms with Crippen molar-refractivity contribution < 1.29 is 9.59 Å². The Morgan fingerprint density at radius 1 is 1.18 bits per heavy atom. The number of nitrogens with zero attached hydrogens (tertiary/aromatic N) is 2. The van der Waals surface area contributed by atoms with Crippen molar-refractivity contribution in [3.05, 3.63) is 24.3 Å². The molecule has 0 fully saturated rings. The zero-order valence-corrected chi connectivity index (χ0v) is 14.7. The van der Waals surface area contributed by atoms with Gasteiger partial charge in [-0.05, 0) is 39.3 Å². The highest BCUT2D eigenvalue weighted by Crippen LogP contribution is 2.24. The van der Waals surface area contributed by atoms with Gasteiger partial charge in [-0.1, -0.05) is 12.1 Å². The Morgan fingerprint density at radius 3 is 2.41 bits per heavy atom. The van der Waals surface area contributed by atoms with Crippen molar-refractivity contribution >= 4 is 29.3 Å². The van der Waals surface area contributed by atoms with Gasteiger partial charge in [-0.3, -0.25) is 14.5 Å². The van der Waals surface area contributed by atoms with Crippen LogP contribution in [0.3, 0.4) is 0 Å². The van der Waals surface area contributed by atoms with Gasteiger partial charge in [0, 0.05) is 18.0 Å². The summed E-state index contributed by atoms with van der Waals surface area (Å²) in [7, 11) is 3.54. The molecule has 6 heteroatoms. The van der Waals surface area contributed by atoms with Crippen molar-refractivity contribution in [3.8, 4) is 0 Å². The number of rotatable bonds is 7. The number of nitrogens with one attached hydrogen (secondary N) is 1. The van der Waals surface area contributed by atoms with Crippen molar-refractivity contribution in [2.45, 2.75) is 24.8 Å². The molecular weight excluding hydrogens is 298 g/mol. The lowest BCUT2D eigenvalue weighted by atomic mass is 10.3. The molecule has 0 saturated carbocycles. The summed E-state index contributed by atoms with van der Waals surface area (Å²) >= 11 is 1.58. The van der Waals surface area contributed by atoms with Gasteiger partial charge in [0.1, 0.15) is 0 Å². The molecule has 0 spiro atoms. The third kappa shape index (κ3) is 5.69. The third-order valence-electron chi connectivity index (χ3n) is 3.37. The fourth-order valence-electron chi connectivity index (χ4n) is 1.87. The lowest BCUT2D eigenvalue weighted by Crippen LogP contribution is -2.42. The number of benzene rings is 1. The molecule has 0 aliphatic rings. The predicted molar refractivity (Wildman–Crippen MR) is 92.3 cm³/mol. The van der Waals surface area contributed by atoms with E-state index in [1.807, 2.05) is 44.4 Å². The van der Waals surface area contributed by atoms with Gasteiger partial charge in [-0.2, -0.15) is 0 Å². The van der Waals surface area contributed by atoms with E-state index in [-0.39, 0.29) is 30.9 Å². The number of hydrogen-bond donors (Lipinski definition) is 1. The summed E-state index contributed by atoms with van der Waals surface area (Å²) < 4.78 is 0. The molecule has 2 amide bonds. The van der Waals surface area contributed by atoms with Crippen LogP contribution >= 0.6 is 11.8 Å². The second-order valence-corrected chi connectivity index (χ2v) is 6.37. The highest BCUT2D eigenvalue weighted by Gasteiger charge is 2.16. The van der Waals surface area contributed by atoms with Crippen LogP contribution in [0.25, 0.3) is 0 Å². The summed E-state index contributed by atoms with van der Waals surface area (Å²) in [5.74, 6) is -0.112. The first-order valence-corrected chi connectivity index (χ1v) is 8.44. The van der Waals surface area contributed by atoms with E-state index >= 15 is 0 Å². The quantitative estimate of drug-likeness (QED) is 0.781. The molecule has 0 bridgehead atoms. The van der Waals surface area contributed by atoms with E-state index in [4.69, 9.17) is 0 Å². The van der Waals surface area contributed by atoms with E-state index in [0.717, 1.165) is 10.6 Å². The molecule has 0 radical (unpaired) electrons. The molecule has 1 aromatic carbocycles. The van der Waals surface area contributed by atoms with Crippen LogP contribution < -0.4 is 5.32 Å². The summed E-state index contributed by atoms with van der Waals surface area (Å²) in [6.45, 7) is 4.33. The maximum absolute atomic E-state index is 12.1. The zero-order valence-electron chi connectivity index (χ0n) is 13.9. The van der Waals surface area contributed by atoms with Gasteiger partial charge in [-0.15, -0.1) is 11.8 Å². The van der Waals surface area contributed by atoms with Crippen molar-refractivity contribution in [1.29, 1.82) is 0 Å². The fraction of sp³-hybridized carbons (Fsp3) is 0.500. The second-order valence-electron chi connectivity index (χ2n) is 5.52. The minimum Gasteiger partial charge on any atom is -0.342 e. The Hall–Kier alpha value is -1.53. The Balaban J connectivity index is 2.52. The van der Waals surface area contributed by atoms with E-state index in [9.17, 15) is 9.59 Å². The number of carbonyl (C=O) groups is 2. The molecule has 1 N–H and O–H groups in total. The summed E-state index contributed by atoms with van der Waals surface area (Å²) in [5, 5.41) is 2.89. The highest BCUT2D eigenvalue weighted by molar-refractivity contribution is 7.98. The molecule has 0 aliphatic heterocycles. The second kappa shape index (κ2) is 8.80. The van der Waals surface area contributed by atoms with E-state index in [1.54, 1.807) is 35.7 Å². The molecule has 1 aromatic rings. The monoisotopic (exact) mass is 323 g/mol. The number of hydrogen-bond acceptors (Lipinski definition) is 4. The number of para-hydroxylation sites is 1. The maximum Gasteiger partial charge on any atom is 0.238 e. The van der Waals surface area contributed by atoms with E-state index in [1.165, 1.54) is 0 Å². The van der Waals surface area contributed by atoms with Gasteiger partial charge in [-0.25, -0.2) is 0 Å². The topological polar surface area (TPSA) is 52.7 Å². The zero-order chi connectivity index (χ0) is 16.7. The molecule has 0 saturated heterocycles. The Morgan fingerprint density at radius 2 is 1.82 bits per heavy atom. The predicted octanol–water partition coefficient (Wildman–Crippen LogP) is 2.15. The molecule has 0 aliphatic carbocycles. The third-order valence-corrected chi connectivity index (χ3v) is 4.16. The number of likely N-dealkylation sites (N-methyl/N-ethyl adjacent to an activating group) is 2. The largest absolute Gasteiger partial charge is 0.342 e. The smallest absolute Gasteiger partial charge is 0.238 e. The SMILES string of the molecule is CSc1ccccc1NC(=O)CN(C)CC(=O)N(C)C(C)C. The highest BCUT2D eigenvalue weighted by atomic mass is 32.2. The average Bonchev–Trinajstić information content (AvgIpc) is 2.46. The van der Waals surface area contributed by atoms with Gasteiger partial charge in [0.25, 0.3) is 0 Å². The average molecular weight is 323 g/mol. The molecule has 1 rings (SSSR count). The van der Waals surface area contributed by atoms with Gasteiger partial charge in [0.05, 0.1) is 18.8 Å². The number of thioether (sulfide) groups is 1. The lowest BCUT2D eigenvalue weighted by molar-refractivity contribution is -0.132. The molecule has 22 heavy (non-hydrogen) atoms. The normalized spacial score (nSPS) is 10.9. The number of anilines is 1. The van der Waals surface area contributed by atoms with Crippen LogP contribution in [0.15, 0.2) is 29.2 Å². The van der Waals surface area contributed by atoms with Crippen molar-refractivity contribution in [3.63, 3.8) is 0 Å². The van der Waals surface area contributed by atoms with Gasteiger partial charge in [0.2, 0.25) is 11.8 Å². The van der Waals surface area contributed by atoms with Crippen molar-refractivity contribution in [2.75, 3.05) is 38.8 Å². The minimum atomic E-state index is -0.121. The van der Waals surface area contributed by atoms with Crippen LogP contribution in [0.5, 0.6) is 0 Å². The van der Waals surface area contributed by atoms with Crippen LogP contribution in [0, 0.1) is 0 Å². The Labute approximate surface area is 137 Å². The van der Waals surface area contributed by atoms with Crippen LogP contribution in [0.2, 0.25) is 0 Å². The Kier molecular flexibility index (Phi) is 7.41. The molecule has 0 unspecified atom stereocenters. The summed E-state index contributed by atoms with van der Waals surface area (Å²) in [6, 6.07) is 7.82. The van der Waals surface area contributed by atoms with Crippen LogP contribution in [-0.4, -0.2) is 61.1 Å². The first-order chi connectivity index (χ1) is 10.3. The maximum atomic E-state index is 12.1. The van der Waals surface area contributed by atoms with E-state index in [0.29, 0.717) is 0 Å². The van der Waals surface area contributed by atoms with Gasteiger partial charge < -0.3 is 10.2 Å². The number of carbonyl (C=O) groups excluding carboxylic acids is 2. The van der Waals surface area contributed by atoms with Crippen LogP contribution in [0.1, 0.15) is 13.8 Å². The van der Waals surface area contributed by atoms with Crippen LogP contribution in [-0.2, 0) is 9.59 Å². The van der Waals surface area contributed by atoms with E-state index < -0.39 is 0 Å². The first-order valence-electron chi connectivity index (χ1n) is 7.22. The standard InChI is InChI=1S/C16H25N3O2S/c1-12(2)19(4)16(21)11-18(3)10-15(20)17-13-8-6-7-9-14(13)22-5/h6-9,12H,10-11H2,1-5H3,(H,17,20). The van der Waals surface area contributed by atoms with Crippen molar-refractivity contribution in [2.24, 2.45) is 0 Å². The van der Waals surface area contributed by atoms with Crippen molar-refractivity contribution in [1.82, 2.24) is 9.80 Å². The van der Waals surface area contributed by atoms with Gasteiger partial charge in [0.15, 0.2) is 0 Å². The molecule has 0 heterocycles. The lowest BCUT2D eigenvalue weighted by Gasteiger charge is -2.24. The Bertz CT molecular complexity index is 520. The summed E-state index contributed by atoms with van der Waals surface area (Å²) in [4.78, 5) is 28.5. The van der Waals surface area contributed by atoms with Gasteiger partial charge >= 0.3 is 0 Å². The minimum absolute atomic E-state index is 0.00909. The molecule has 122 valence electrons. The molecule has 5 nitrogen and oxygen atoms in total. The van der Waals surface area contributed by atoms with E-state index in [2.05, 4.69) is 5.32 Å². The fourth-order valence-corrected chi connectivity index (χ4v) is 2.42. The molecule has 0 aromatic heterocycles. The summed E-state index contributed by atoms with van der Waals surface area (Å²) in [6.07, 6.45) is 1.97. The molecular formula is C16H25N3O2S. The first kappa shape index (κ1) is 18.5. The molecule has 0 atom stereocenters. The number of amides is 2.